The fourth-order valence-corrected chi connectivity index (χ4v) is 4.86. The average Bonchev–Trinajstić information content (AvgIpc) is 3.23. The van der Waals surface area contributed by atoms with Crippen molar-refractivity contribution in [3.05, 3.63) is 47.2 Å². The van der Waals surface area contributed by atoms with Gasteiger partial charge in [0, 0.05) is 32.4 Å². The first-order chi connectivity index (χ1) is 15.3. The lowest BCUT2D eigenvalue weighted by Gasteiger charge is -2.42. The van der Waals surface area contributed by atoms with Gasteiger partial charge in [-0.3, -0.25) is 14.7 Å². The molecule has 3 heterocycles. The molecular weight excluding hydrogens is 419 g/mol. The molecule has 4 rings (SSSR count). The average molecular weight is 450 g/mol. The van der Waals surface area contributed by atoms with E-state index in [9.17, 15) is 18.0 Å². The van der Waals surface area contributed by atoms with Gasteiger partial charge in [0.2, 0.25) is 0 Å². The Balaban J connectivity index is 1.47. The molecule has 174 valence electrons. The van der Waals surface area contributed by atoms with Crippen molar-refractivity contribution in [3.63, 3.8) is 0 Å². The molecule has 0 bridgehead atoms. The number of hydrazine groups is 1. The van der Waals surface area contributed by atoms with Crippen LogP contribution < -0.4 is 5.43 Å². The van der Waals surface area contributed by atoms with E-state index in [1.54, 1.807) is 0 Å². The molecule has 0 saturated carbocycles. The van der Waals surface area contributed by atoms with Crippen molar-refractivity contribution in [2.75, 3.05) is 19.6 Å². The molecule has 6 nitrogen and oxygen atoms in total. The van der Waals surface area contributed by atoms with Crippen LogP contribution in [-0.4, -0.2) is 64.9 Å². The van der Waals surface area contributed by atoms with Crippen molar-refractivity contribution in [2.45, 2.75) is 57.5 Å². The third-order valence-corrected chi connectivity index (χ3v) is 6.68. The summed E-state index contributed by atoms with van der Waals surface area (Å²) in [6.45, 7) is 3.90. The first-order valence-electron chi connectivity index (χ1n) is 11.3. The molecule has 1 amide bonds. The summed E-state index contributed by atoms with van der Waals surface area (Å²) in [4.78, 5) is 17.1. The molecule has 1 aromatic carbocycles. The molecule has 0 radical (unpaired) electrons. The predicted molar refractivity (Wildman–Crippen MR) is 116 cm³/mol. The Kier molecular flexibility index (Phi) is 6.57. The Hall–Kier alpha value is -2.39. The van der Waals surface area contributed by atoms with E-state index in [2.05, 4.69) is 12.3 Å². The molecule has 1 aromatic rings. The summed E-state index contributed by atoms with van der Waals surface area (Å²) < 4.78 is 39.1. The number of carbonyl (C=O) groups is 1. The minimum atomic E-state index is -4.13. The van der Waals surface area contributed by atoms with Crippen molar-refractivity contribution in [3.8, 4) is 0 Å². The number of carbonyl (C=O) groups excluding carboxylic acids is 1. The Bertz CT molecular complexity index is 861. The van der Waals surface area contributed by atoms with Crippen LogP contribution in [0.25, 0.3) is 0 Å². The van der Waals surface area contributed by atoms with Crippen molar-refractivity contribution < 1.29 is 18.0 Å². The number of hydrogen-bond acceptors (Lipinski definition) is 5. The lowest BCUT2D eigenvalue weighted by atomic mass is 9.96. The van der Waals surface area contributed by atoms with Crippen LogP contribution in [-0.2, 0) is 11.3 Å². The van der Waals surface area contributed by atoms with Gasteiger partial charge in [0.05, 0.1) is 18.1 Å². The van der Waals surface area contributed by atoms with Crippen LogP contribution in [0.2, 0.25) is 0 Å². The van der Waals surface area contributed by atoms with Gasteiger partial charge in [0.25, 0.3) is 5.91 Å². The Morgan fingerprint density at radius 1 is 1.19 bits per heavy atom. The minimum Gasteiger partial charge on any atom is -0.331 e. The van der Waals surface area contributed by atoms with Crippen molar-refractivity contribution >= 4 is 12.1 Å². The molecule has 0 aromatic heterocycles. The zero-order chi connectivity index (χ0) is 22.9. The highest BCUT2D eigenvalue weighted by atomic mass is 19.4. The fourth-order valence-electron chi connectivity index (χ4n) is 4.86. The van der Waals surface area contributed by atoms with E-state index in [0.717, 1.165) is 24.0 Å². The Morgan fingerprint density at radius 2 is 1.88 bits per heavy atom. The zero-order valence-electron chi connectivity index (χ0n) is 18.2. The zero-order valence-corrected chi connectivity index (χ0v) is 18.2. The molecule has 2 N–H and O–H groups in total. The highest BCUT2D eigenvalue weighted by molar-refractivity contribution is 5.94. The van der Waals surface area contributed by atoms with Gasteiger partial charge in [-0.25, -0.2) is 5.43 Å². The van der Waals surface area contributed by atoms with E-state index in [1.165, 1.54) is 6.21 Å². The molecule has 3 aliphatic heterocycles. The number of piperidine rings is 1. The lowest BCUT2D eigenvalue weighted by Crippen LogP contribution is -2.59. The van der Waals surface area contributed by atoms with Crippen LogP contribution in [0.1, 0.15) is 43.7 Å². The third kappa shape index (κ3) is 4.68. The Morgan fingerprint density at radius 3 is 2.47 bits per heavy atom. The number of amides is 1. The van der Waals surface area contributed by atoms with Crippen LogP contribution in [0.5, 0.6) is 0 Å². The monoisotopic (exact) mass is 449 g/mol. The normalized spacial score (nSPS) is 25.1. The summed E-state index contributed by atoms with van der Waals surface area (Å²) in [6, 6.07) is 7.71. The van der Waals surface area contributed by atoms with Gasteiger partial charge in [-0.05, 0) is 36.5 Å². The molecular formula is C23H30F3N5O. The molecule has 9 heteroatoms. The SMILES string of the molecule is CCCC1CN(Cc2ccc(C=N)cc2)C(=O)C2=CC(N3CCC(C(F)(F)F)CC3)NN21. The second-order valence-corrected chi connectivity index (χ2v) is 8.86. The van der Waals surface area contributed by atoms with Crippen LogP contribution in [0.4, 0.5) is 13.2 Å². The van der Waals surface area contributed by atoms with Crippen molar-refractivity contribution in [1.29, 1.82) is 5.41 Å². The molecule has 2 unspecified atom stereocenters. The van der Waals surface area contributed by atoms with Gasteiger partial charge in [-0.2, -0.15) is 13.2 Å². The third-order valence-electron chi connectivity index (χ3n) is 6.68. The molecule has 2 saturated heterocycles. The number of rotatable bonds is 6. The Labute approximate surface area is 186 Å². The minimum absolute atomic E-state index is 0.0614. The second-order valence-electron chi connectivity index (χ2n) is 8.86. The van der Waals surface area contributed by atoms with Gasteiger partial charge < -0.3 is 10.3 Å². The van der Waals surface area contributed by atoms with E-state index in [-0.39, 0.29) is 31.0 Å². The first kappa shape index (κ1) is 22.8. The summed E-state index contributed by atoms with van der Waals surface area (Å²) >= 11 is 0. The fraction of sp³-hybridized carbons (Fsp3) is 0.565. The smallest absolute Gasteiger partial charge is 0.331 e. The van der Waals surface area contributed by atoms with Gasteiger partial charge in [-0.1, -0.05) is 37.6 Å². The van der Waals surface area contributed by atoms with E-state index >= 15 is 0 Å². The van der Waals surface area contributed by atoms with Gasteiger partial charge in [-0.15, -0.1) is 0 Å². The van der Waals surface area contributed by atoms with E-state index in [4.69, 9.17) is 5.41 Å². The number of benzene rings is 1. The summed E-state index contributed by atoms with van der Waals surface area (Å²) in [5, 5.41) is 9.27. The number of fused-ring (bicyclic) bond motifs is 1. The summed E-state index contributed by atoms with van der Waals surface area (Å²) in [7, 11) is 0. The molecule has 3 aliphatic rings. The number of halogens is 3. The largest absolute Gasteiger partial charge is 0.391 e. The van der Waals surface area contributed by atoms with E-state index < -0.39 is 12.1 Å². The number of nitrogens with one attached hydrogen (secondary N) is 2. The number of hydrogen-bond donors (Lipinski definition) is 2. The molecule has 32 heavy (non-hydrogen) atoms. The summed E-state index contributed by atoms with van der Waals surface area (Å²) in [6.07, 6.45) is 0.835. The van der Waals surface area contributed by atoms with Gasteiger partial charge in [0.1, 0.15) is 5.70 Å². The van der Waals surface area contributed by atoms with Crippen LogP contribution in [0.3, 0.4) is 0 Å². The highest BCUT2D eigenvalue weighted by Crippen LogP contribution is 2.35. The summed E-state index contributed by atoms with van der Waals surface area (Å²) in [5.74, 6) is -1.30. The number of alkyl halides is 3. The number of likely N-dealkylation sites (tertiary alicyclic amines) is 1. The van der Waals surface area contributed by atoms with Crippen molar-refractivity contribution in [2.24, 2.45) is 5.92 Å². The lowest BCUT2D eigenvalue weighted by molar-refractivity contribution is -0.186. The topological polar surface area (TPSA) is 62.7 Å². The van der Waals surface area contributed by atoms with E-state index in [1.807, 2.05) is 45.2 Å². The quantitative estimate of drug-likeness (QED) is 0.653. The van der Waals surface area contributed by atoms with Crippen LogP contribution in [0.15, 0.2) is 36.0 Å². The maximum absolute atomic E-state index is 13.3. The van der Waals surface area contributed by atoms with Crippen LogP contribution >= 0.6 is 0 Å². The predicted octanol–water partition coefficient (Wildman–Crippen LogP) is 3.50. The van der Waals surface area contributed by atoms with Gasteiger partial charge in [0.15, 0.2) is 0 Å². The van der Waals surface area contributed by atoms with E-state index in [0.29, 0.717) is 31.9 Å². The maximum Gasteiger partial charge on any atom is 0.391 e. The molecule has 2 atom stereocenters. The number of piperazine rings is 1. The molecule has 0 aliphatic carbocycles. The maximum atomic E-state index is 13.3. The van der Waals surface area contributed by atoms with Crippen LogP contribution in [0, 0.1) is 11.3 Å². The number of nitrogens with zero attached hydrogens (tertiary/aromatic N) is 3. The summed E-state index contributed by atoms with van der Waals surface area (Å²) in [5.41, 5.74) is 5.80. The standard InChI is InChI=1S/C23H30F3N5O/c1-2-3-19-15-30(14-17-6-4-16(13-27)5-7-17)22(32)20-12-21(28-31(19)20)29-10-8-18(9-11-29)23(24,25)26/h4-7,12-13,18-19,21,27-28H,2-3,8-11,14-15H2,1H3. The molecule has 2 fully saturated rings. The first-order valence-corrected chi connectivity index (χ1v) is 11.3. The van der Waals surface area contributed by atoms with Crippen molar-refractivity contribution in [1.82, 2.24) is 20.2 Å². The molecule has 0 spiro atoms. The van der Waals surface area contributed by atoms with Gasteiger partial charge >= 0.3 is 6.18 Å². The second kappa shape index (κ2) is 9.23. The highest BCUT2D eigenvalue weighted by Gasteiger charge is 2.45.